The maximum atomic E-state index is 10.4. The smallest absolute Gasteiger partial charge is 0.303 e. The van der Waals surface area contributed by atoms with Crippen LogP contribution in [0.5, 0.6) is 0 Å². The van der Waals surface area contributed by atoms with Crippen molar-refractivity contribution in [2.24, 2.45) is 5.92 Å². The minimum absolute atomic E-state index is 0.344. The molecule has 0 saturated heterocycles. The fourth-order valence-corrected chi connectivity index (χ4v) is 3.60. The molecular weight excluding hydrogens is 308 g/mol. The van der Waals surface area contributed by atoms with Crippen molar-refractivity contribution in [1.29, 1.82) is 0 Å². The fraction of sp³-hybridized carbons (Fsp3) is 0.957. The van der Waals surface area contributed by atoms with Crippen molar-refractivity contribution in [2.75, 3.05) is 0 Å². The van der Waals surface area contributed by atoms with Crippen molar-refractivity contribution in [3.63, 3.8) is 0 Å². The van der Waals surface area contributed by atoms with Crippen molar-refractivity contribution in [2.45, 2.75) is 136 Å². The molecule has 0 amide bonds. The van der Waals surface area contributed by atoms with Gasteiger partial charge < -0.3 is 5.11 Å². The molecule has 0 bridgehead atoms. The summed E-state index contributed by atoms with van der Waals surface area (Å²) in [6.07, 6.45) is 24.5. The number of carboxylic acids is 1. The summed E-state index contributed by atoms with van der Waals surface area (Å²) < 4.78 is 0. The quantitative estimate of drug-likeness (QED) is 0.224. The Bertz CT molecular complexity index is 275. The highest BCUT2D eigenvalue weighted by Gasteiger charge is 2.02. The first-order chi connectivity index (χ1) is 12.2. The van der Waals surface area contributed by atoms with E-state index in [1.54, 1.807) is 0 Å². The van der Waals surface area contributed by atoms with Crippen molar-refractivity contribution in [3.05, 3.63) is 0 Å². The largest absolute Gasteiger partial charge is 0.481 e. The monoisotopic (exact) mass is 354 g/mol. The summed E-state index contributed by atoms with van der Waals surface area (Å²) in [7, 11) is 0. The molecule has 0 aromatic heterocycles. The molecule has 0 aromatic rings. The molecule has 150 valence electrons. The zero-order chi connectivity index (χ0) is 18.6. The van der Waals surface area contributed by atoms with Gasteiger partial charge in [-0.05, 0) is 12.3 Å². The molecule has 0 aliphatic heterocycles. The highest BCUT2D eigenvalue weighted by molar-refractivity contribution is 5.66. The van der Waals surface area contributed by atoms with Gasteiger partial charge in [0.15, 0.2) is 0 Å². The first-order valence-electron chi connectivity index (χ1n) is 11.4. The first kappa shape index (κ1) is 24.5. The summed E-state index contributed by atoms with van der Waals surface area (Å²) in [4.78, 5) is 10.4. The molecule has 25 heavy (non-hydrogen) atoms. The van der Waals surface area contributed by atoms with Crippen molar-refractivity contribution in [3.8, 4) is 0 Å². The summed E-state index contributed by atoms with van der Waals surface area (Å²) in [6.45, 7) is 4.72. The van der Waals surface area contributed by atoms with Gasteiger partial charge in [-0.25, -0.2) is 0 Å². The van der Waals surface area contributed by atoms with Crippen LogP contribution >= 0.6 is 0 Å². The molecule has 0 heterocycles. The number of unbranched alkanes of at least 4 members (excludes halogenated alkanes) is 14. The molecule has 2 nitrogen and oxygen atoms in total. The molecular formula is C23H46O2. The van der Waals surface area contributed by atoms with Gasteiger partial charge >= 0.3 is 5.97 Å². The van der Waals surface area contributed by atoms with E-state index in [2.05, 4.69) is 13.8 Å². The van der Waals surface area contributed by atoms with Crippen LogP contribution in [0.25, 0.3) is 0 Å². The van der Waals surface area contributed by atoms with E-state index in [1.165, 1.54) is 103 Å². The molecule has 1 unspecified atom stereocenters. The van der Waals surface area contributed by atoms with Crippen LogP contribution in [0.1, 0.15) is 136 Å². The first-order valence-corrected chi connectivity index (χ1v) is 11.4. The minimum Gasteiger partial charge on any atom is -0.481 e. The summed E-state index contributed by atoms with van der Waals surface area (Å²) in [6, 6.07) is 0. The van der Waals surface area contributed by atoms with Gasteiger partial charge in [-0.1, -0.05) is 123 Å². The normalized spacial score (nSPS) is 12.4. The molecule has 0 aliphatic rings. The third kappa shape index (κ3) is 21.4. The lowest BCUT2D eigenvalue weighted by molar-refractivity contribution is -0.137. The highest BCUT2D eigenvalue weighted by Crippen LogP contribution is 2.19. The van der Waals surface area contributed by atoms with Gasteiger partial charge in [0.05, 0.1) is 0 Å². The van der Waals surface area contributed by atoms with Gasteiger partial charge in [0.2, 0.25) is 0 Å². The third-order valence-electron chi connectivity index (χ3n) is 5.39. The Labute approximate surface area is 158 Å². The van der Waals surface area contributed by atoms with Crippen LogP contribution in [0.4, 0.5) is 0 Å². The molecule has 0 fully saturated rings. The maximum Gasteiger partial charge on any atom is 0.303 e. The van der Waals surface area contributed by atoms with E-state index >= 15 is 0 Å². The molecule has 1 N–H and O–H groups in total. The van der Waals surface area contributed by atoms with Crippen molar-refractivity contribution < 1.29 is 9.90 Å². The van der Waals surface area contributed by atoms with E-state index in [0.717, 1.165) is 18.8 Å². The van der Waals surface area contributed by atoms with Gasteiger partial charge in [-0.3, -0.25) is 4.79 Å². The van der Waals surface area contributed by atoms with Crippen LogP contribution in [0.3, 0.4) is 0 Å². The number of hydrogen-bond donors (Lipinski definition) is 1. The Hall–Kier alpha value is -0.530. The van der Waals surface area contributed by atoms with Crippen LogP contribution in [0, 0.1) is 5.92 Å². The number of hydrogen-bond acceptors (Lipinski definition) is 1. The standard InChI is InChI=1S/C23H46O2/c1-3-4-5-6-10-13-16-19-22(2)20-17-14-11-8-7-9-12-15-18-21-23(24)25/h22H,3-21H2,1-2H3,(H,24,25). The highest BCUT2D eigenvalue weighted by atomic mass is 16.4. The lowest BCUT2D eigenvalue weighted by atomic mass is 9.96. The molecule has 1 atom stereocenters. The number of aliphatic carboxylic acids is 1. The lowest BCUT2D eigenvalue weighted by Gasteiger charge is -2.11. The second-order valence-electron chi connectivity index (χ2n) is 8.13. The van der Waals surface area contributed by atoms with E-state index in [4.69, 9.17) is 5.11 Å². The minimum atomic E-state index is -0.652. The molecule has 2 heteroatoms. The molecule has 0 saturated carbocycles. The predicted molar refractivity (Wildman–Crippen MR) is 110 cm³/mol. The molecule has 0 aromatic carbocycles. The zero-order valence-corrected chi connectivity index (χ0v) is 17.4. The number of carboxylic acid groups (broad SMARTS) is 1. The summed E-state index contributed by atoms with van der Waals surface area (Å²) in [5.74, 6) is 0.270. The molecule has 0 aliphatic carbocycles. The van der Waals surface area contributed by atoms with E-state index in [0.29, 0.717) is 6.42 Å². The van der Waals surface area contributed by atoms with Crippen LogP contribution in [-0.4, -0.2) is 11.1 Å². The predicted octanol–water partition coefficient (Wildman–Crippen LogP) is 8.14. The van der Waals surface area contributed by atoms with Crippen LogP contribution in [-0.2, 0) is 4.79 Å². The van der Waals surface area contributed by atoms with Crippen molar-refractivity contribution >= 4 is 5.97 Å². The van der Waals surface area contributed by atoms with Crippen molar-refractivity contribution in [1.82, 2.24) is 0 Å². The van der Waals surface area contributed by atoms with Crippen LogP contribution < -0.4 is 0 Å². The average molecular weight is 355 g/mol. The molecule has 0 spiro atoms. The average Bonchev–Trinajstić information content (AvgIpc) is 2.58. The Kier molecular flexibility index (Phi) is 19.4. The zero-order valence-electron chi connectivity index (χ0n) is 17.4. The third-order valence-corrected chi connectivity index (χ3v) is 5.39. The molecule has 0 radical (unpaired) electrons. The van der Waals surface area contributed by atoms with Crippen LogP contribution in [0.2, 0.25) is 0 Å². The Morgan fingerprint density at radius 1 is 0.640 bits per heavy atom. The maximum absolute atomic E-state index is 10.4. The van der Waals surface area contributed by atoms with Gasteiger partial charge in [0.1, 0.15) is 0 Å². The van der Waals surface area contributed by atoms with E-state index < -0.39 is 5.97 Å². The lowest BCUT2D eigenvalue weighted by Crippen LogP contribution is -1.95. The topological polar surface area (TPSA) is 37.3 Å². The van der Waals surface area contributed by atoms with E-state index in [-0.39, 0.29) is 0 Å². The SMILES string of the molecule is CCCCCCCCCC(C)CCCCCCCCCCCC(=O)O. The fourth-order valence-electron chi connectivity index (χ4n) is 3.60. The van der Waals surface area contributed by atoms with Gasteiger partial charge in [-0.2, -0.15) is 0 Å². The van der Waals surface area contributed by atoms with Gasteiger partial charge in [0.25, 0.3) is 0 Å². The summed E-state index contributed by atoms with van der Waals surface area (Å²) in [5.41, 5.74) is 0. The number of rotatable bonds is 20. The second-order valence-corrected chi connectivity index (χ2v) is 8.13. The summed E-state index contributed by atoms with van der Waals surface area (Å²) >= 11 is 0. The van der Waals surface area contributed by atoms with Crippen LogP contribution in [0.15, 0.2) is 0 Å². The van der Waals surface area contributed by atoms with Gasteiger partial charge in [-0.15, -0.1) is 0 Å². The number of carbonyl (C=O) groups is 1. The second kappa shape index (κ2) is 19.8. The molecule has 0 rings (SSSR count). The Morgan fingerprint density at radius 2 is 1.00 bits per heavy atom. The Morgan fingerprint density at radius 3 is 1.40 bits per heavy atom. The summed E-state index contributed by atoms with van der Waals surface area (Å²) in [5, 5.41) is 8.58. The van der Waals surface area contributed by atoms with E-state index in [1.807, 2.05) is 0 Å². The van der Waals surface area contributed by atoms with Gasteiger partial charge in [0, 0.05) is 6.42 Å². The van der Waals surface area contributed by atoms with E-state index in [9.17, 15) is 4.79 Å². The Balaban J connectivity index is 3.14.